The average molecular weight is 425 g/mol. The zero-order chi connectivity index (χ0) is 21.3. The number of nitrogens with zero attached hydrogens (tertiary/aromatic N) is 1. The summed E-state index contributed by atoms with van der Waals surface area (Å²) in [6.45, 7) is 7.52. The van der Waals surface area contributed by atoms with E-state index in [1.807, 2.05) is 18.7 Å². The molecule has 4 nitrogen and oxygen atoms in total. The summed E-state index contributed by atoms with van der Waals surface area (Å²) >= 11 is 1.73. The third kappa shape index (κ3) is 4.46. The summed E-state index contributed by atoms with van der Waals surface area (Å²) < 4.78 is 0. The number of carbonyl (C=O) groups is 2. The number of thiophene rings is 1. The number of rotatable bonds is 6. The maximum absolute atomic E-state index is 13.3. The summed E-state index contributed by atoms with van der Waals surface area (Å²) in [7, 11) is 0. The first-order valence-corrected chi connectivity index (χ1v) is 12.0. The molecular formula is C25H32N2O2S. The monoisotopic (exact) mass is 424 g/mol. The Kier molecular flexibility index (Phi) is 6.01. The van der Waals surface area contributed by atoms with Gasteiger partial charge in [-0.05, 0) is 68.0 Å². The summed E-state index contributed by atoms with van der Waals surface area (Å²) in [6, 6.07) is 12.9. The molecular weight excluding hydrogens is 392 g/mol. The van der Waals surface area contributed by atoms with Gasteiger partial charge >= 0.3 is 0 Å². The lowest BCUT2D eigenvalue weighted by molar-refractivity contribution is -0.141. The molecule has 1 aromatic carbocycles. The van der Waals surface area contributed by atoms with Crippen molar-refractivity contribution in [3.63, 3.8) is 0 Å². The Morgan fingerprint density at radius 2 is 1.93 bits per heavy atom. The van der Waals surface area contributed by atoms with Crippen molar-refractivity contribution < 1.29 is 9.59 Å². The maximum atomic E-state index is 13.3. The van der Waals surface area contributed by atoms with Crippen LogP contribution < -0.4 is 5.32 Å². The lowest BCUT2D eigenvalue weighted by atomic mass is 9.72. The van der Waals surface area contributed by atoms with Gasteiger partial charge in [0.15, 0.2) is 0 Å². The van der Waals surface area contributed by atoms with Gasteiger partial charge in [0.05, 0.1) is 5.41 Å². The molecule has 5 heteroatoms. The van der Waals surface area contributed by atoms with Crippen molar-refractivity contribution in [2.24, 2.45) is 17.3 Å². The van der Waals surface area contributed by atoms with Crippen LogP contribution in [0.2, 0.25) is 0 Å². The topological polar surface area (TPSA) is 49.4 Å². The van der Waals surface area contributed by atoms with Crippen LogP contribution in [0.4, 0.5) is 0 Å². The Morgan fingerprint density at radius 3 is 2.53 bits per heavy atom. The van der Waals surface area contributed by atoms with E-state index in [2.05, 4.69) is 54.0 Å². The summed E-state index contributed by atoms with van der Waals surface area (Å²) in [5, 5.41) is 5.25. The van der Waals surface area contributed by atoms with E-state index in [4.69, 9.17) is 0 Å². The molecule has 2 atom stereocenters. The molecule has 0 spiro atoms. The van der Waals surface area contributed by atoms with Crippen molar-refractivity contribution in [3.05, 3.63) is 47.3 Å². The number of benzene rings is 1. The summed E-state index contributed by atoms with van der Waals surface area (Å²) in [6.07, 6.45) is 3.18. The first-order valence-electron chi connectivity index (χ1n) is 11.1. The van der Waals surface area contributed by atoms with Crippen molar-refractivity contribution >= 4 is 23.2 Å². The van der Waals surface area contributed by atoms with Gasteiger partial charge < -0.3 is 10.2 Å². The van der Waals surface area contributed by atoms with Gasteiger partial charge in [-0.1, -0.05) is 37.3 Å². The van der Waals surface area contributed by atoms with E-state index in [1.54, 1.807) is 11.3 Å². The first-order chi connectivity index (χ1) is 14.4. The highest BCUT2D eigenvalue weighted by Gasteiger charge is 2.46. The summed E-state index contributed by atoms with van der Waals surface area (Å²) in [5.41, 5.74) is 1.94. The molecule has 0 bridgehead atoms. The maximum Gasteiger partial charge on any atom is 0.226 e. The van der Waals surface area contributed by atoms with E-state index in [0.29, 0.717) is 31.3 Å². The van der Waals surface area contributed by atoms with Gasteiger partial charge in [-0.15, -0.1) is 11.3 Å². The van der Waals surface area contributed by atoms with E-state index in [9.17, 15) is 9.59 Å². The predicted molar refractivity (Wildman–Crippen MR) is 122 cm³/mol. The normalized spacial score (nSPS) is 22.7. The summed E-state index contributed by atoms with van der Waals surface area (Å²) in [4.78, 5) is 29.2. The van der Waals surface area contributed by atoms with Crippen LogP contribution in [0.5, 0.6) is 0 Å². The number of carbonyl (C=O) groups excluding carboxylic acids is 2. The van der Waals surface area contributed by atoms with Crippen molar-refractivity contribution in [2.45, 2.75) is 52.5 Å². The Morgan fingerprint density at radius 1 is 1.20 bits per heavy atom. The fourth-order valence-corrected chi connectivity index (χ4v) is 5.35. The highest BCUT2D eigenvalue weighted by Crippen LogP contribution is 2.42. The molecule has 1 aliphatic carbocycles. The van der Waals surface area contributed by atoms with E-state index < -0.39 is 5.41 Å². The minimum Gasteiger partial charge on any atom is -0.353 e. The van der Waals surface area contributed by atoms with Gasteiger partial charge in [0.1, 0.15) is 0 Å². The number of piperidine rings is 1. The highest BCUT2D eigenvalue weighted by molar-refractivity contribution is 7.13. The molecule has 2 fully saturated rings. The molecule has 4 rings (SSSR count). The molecule has 30 heavy (non-hydrogen) atoms. The van der Waals surface area contributed by atoms with Crippen molar-refractivity contribution in [1.82, 2.24) is 10.2 Å². The van der Waals surface area contributed by atoms with Gasteiger partial charge in [-0.3, -0.25) is 9.59 Å². The standard InChI is InChI=1S/C25H32N2O2S/c1-17(2)26-24(29)25(9-11-27(12-10-25)23(28)21-14-18(21)3)16-19-6-4-7-20(15-19)22-8-5-13-30-22/h4-8,13,15,17-18,21H,9-12,14,16H2,1-3H3,(H,26,29)/t18-,21-/m1/s1. The van der Waals surface area contributed by atoms with Gasteiger partial charge in [-0.25, -0.2) is 0 Å². The van der Waals surface area contributed by atoms with Crippen LogP contribution in [0.3, 0.4) is 0 Å². The lowest BCUT2D eigenvalue weighted by Gasteiger charge is -2.41. The van der Waals surface area contributed by atoms with E-state index in [0.717, 1.165) is 19.3 Å². The fourth-order valence-electron chi connectivity index (χ4n) is 4.62. The van der Waals surface area contributed by atoms with E-state index >= 15 is 0 Å². The number of likely N-dealkylation sites (tertiary alicyclic amines) is 1. The fraction of sp³-hybridized carbons (Fsp3) is 0.520. The van der Waals surface area contributed by atoms with Crippen molar-refractivity contribution in [3.8, 4) is 10.4 Å². The minimum absolute atomic E-state index is 0.110. The van der Waals surface area contributed by atoms with Crippen molar-refractivity contribution in [1.29, 1.82) is 0 Å². The van der Waals surface area contributed by atoms with Crippen LogP contribution in [-0.4, -0.2) is 35.8 Å². The predicted octanol–water partition coefficient (Wildman–Crippen LogP) is 4.75. The van der Waals surface area contributed by atoms with Crippen LogP contribution in [0.25, 0.3) is 10.4 Å². The Bertz CT molecular complexity index is 898. The molecule has 2 heterocycles. The first kappa shape index (κ1) is 21.1. The largest absolute Gasteiger partial charge is 0.353 e. The molecule has 160 valence electrons. The van der Waals surface area contributed by atoms with Crippen molar-refractivity contribution in [2.75, 3.05) is 13.1 Å². The molecule has 1 aromatic heterocycles. The molecule has 1 saturated carbocycles. The molecule has 2 amide bonds. The third-order valence-electron chi connectivity index (χ3n) is 6.64. The number of nitrogens with one attached hydrogen (secondary N) is 1. The quantitative estimate of drug-likeness (QED) is 0.728. The van der Waals surface area contributed by atoms with Crippen LogP contribution in [0, 0.1) is 17.3 Å². The van der Waals surface area contributed by atoms with Crippen LogP contribution >= 0.6 is 11.3 Å². The van der Waals surface area contributed by atoms with E-state index in [-0.39, 0.29) is 17.9 Å². The van der Waals surface area contributed by atoms with Crippen LogP contribution in [0.15, 0.2) is 41.8 Å². The van der Waals surface area contributed by atoms with Crippen LogP contribution in [-0.2, 0) is 16.0 Å². The Hall–Kier alpha value is -2.14. The molecule has 0 radical (unpaired) electrons. The molecule has 1 aliphatic heterocycles. The van der Waals surface area contributed by atoms with Gasteiger partial charge in [0, 0.05) is 29.9 Å². The minimum atomic E-state index is -0.454. The lowest BCUT2D eigenvalue weighted by Crippen LogP contribution is -2.52. The third-order valence-corrected chi connectivity index (χ3v) is 7.55. The Balaban J connectivity index is 1.53. The average Bonchev–Trinajstić information content (AvgIpc) is 3.21. The zero-order valence-corrected chi connectivity index (χ0v) is 19.0. The second kappa shape index (κ2) is 8.54. The highest BCUT2D eigenvalue weighted by atomic mass is 32.1. The second-order valence-electron chi connectivity index (χ2n) is 9.41. The Labute approximate surface area is 183 Å². The molecule has 2 aliphatic rings. The second-order valence-corrected chi connectivity index (χ2v) is 10.4. The molecule has 1 saturated heterocycles. The van der Waals surface area contributed by atoms with Gasteiger partial charge in [0.25, 0.3) is 0 Å². The molecule has 0 unspecified atom stereocenters. The SMILES string of the molecule is CC(C)NC(=O)C1(Cc2cccc(-c3cccs3)c2)CCN(C(=O)[C@@H]2C[C@H]2C)CC1. The zero-order valence-electron chi connectivity index (χ0n) is 18.2. The van der Waals surface area contributed by atoms with E-state index in [1.165, 1.54) is 16.0 Å². The number of amides is 2. The summed E-state index contributed by atoms with van der Waals surface area (Å²) in [5.74, 6) is 1.16. The van der Waals surface area contributed by atoms with Crippen LogP contribution in [0.1, 0.15) is 45.6 Å². The number of hydrogen-bond donors (Lipinski definition) is 1. The number of hydrogen-bond acceptors (Lipinski definition) is 3. The van der Waals surface area contributed by atoms with Gasteiger partial charge in [0.2, 0.25) is 11.8 Å². The van der Waals surface area contributed by atoms with Gasteiger partial charge in [-0.2, -0.15) is 0 Å². The molecule has 2 aromatic rings. The smallest absolute Gasteiger partial charge is 0.226 e. The molecule has 1 N–H and O–H groups in total.